The van der Waals surface area contributed by atoms with Gasteiger partial charge in [-0.15, -0.1) is 0 Å². The van der Waals surface area contributed by atoms with Crippen LogP contribution in [0.4, 0.5) is 24.8 Å². The molecule has 0 saturated carbocycles. The Morgan fingerprint density at radius 3 is 2.67 bits per heavy atom. The molecule has 2 aliphatic rings. The lowest BCUT2D eigenvalue weighted by Crippen LogP contribution is -2.36. The predicted molar refractivity (Wildman–Crippen MR) is 121 cm³/mol. The highest BCUT2D eigenvalue weighted by Gasteiger charge is 2.33. The molecule has 3 aromatic rings. The summed E-state index contributed by atoms with van der Waals surface area (Å²) in [6.45, 7) is 7.89. The molecule has 3 heterocycles. The molecule has 174 valence electrons. The lowest BCUT2D eigenvalue weighted by Gasteiger charge is -2.29. The zero-order valence-corrected chi connectivity index (χ0v) is 18.6. The molecule has 9 heteroatoms. The van der Waals surface area contributed by atoms with Gasteiger partial charge < -0.3 is 19.5 Å². The van der Waals surface area contributed by atoms with E-state index in [9.17, 15) is 13.2 Å². The number of rotatable bonds is 3. The third-order valence-corrected chi connectivity index (χ3v) is 6.42. The summed E-state index contributed by atoms with van der Waals surface area (Å²) in [7, 11) is 0. The van der Waals surface area contributed by atoms with Crippen molar-refractivity contribution in [3.05, 3.63) is 58.6 Å². The summed E-state index contributed by atoms with van der Waals surface area (Å²) in [5.41, 5.74) is 2.73. The third kappa shape index (κ3) is 4.06. The molecule has 1 aromatic heterocycles. The van der Waals surface area contributed by atoms with Crippen LogP contribution in [0, 0.1) is 6.92 Å². The fraction of sp³-hybridized carbons (Fsp3) is 0.417. The van der Waals surface area contributed by atoms with E-state index < -0.39 is 17.8 Å². The summed E-state index contributed by atoms with van der Waals surface area (Å²) in [5.74, 6) is 0.730. The van der Waals surface area contributed by atoms with Gasteiger partial charge in [-0.2, -0.15) is 18.2 Å². The number of benzene rings is 2. The molecular weight excluding hydrogens is 431 g/mol. The van der Waals surface area contributed by atoms with Crippen LogP contribution in [0.25, 0.3) is 10.9 Å². The van der Waals surface area contributed by atoms with Gasteiger partial charge in [-0.3, -0.25) is 4.99 Å². The molecule has 0 radical (unpaired) electrons. The molecule has 2 aliphatic heterocycles. The van der Waals surface area contributed by atoms with E-state index in [1.54, 1.807) is 6.07 Å². The minimum atomic E-state index is -4.40. The van der Waals surface area contributed by atoms with E-state index in [4.69, 9.17) is 14.7 Å². The van der Waals surface area contributed by atoms with Gasteiger partial charge in [0, 0.05) is 37.3 Å². The first-order chi connectivity index (χ1) is 15.8. The molecule has 0 bridgehead atoms. The van der Waals surface area contributed by atoms with E-state index in [-0.39, 0.29) is 5.56 Å². The molecular formula is C24H26F3N5O. The van der Waals surface area contributed by atoms with Crippen molar-refractivity contribution < 1.29 is 17.9 Å². The molecule has 1 fully saturated rings. The highest BCUT2D eigenvalue weighted by Crippen LogP contribution is 2.35. The van der Waals surface area contributed by atoms with Crippen molar-refractivity contribution in [2.75, 3.05) is 43.1 Å². The minimum Gasteiger partial charge on any atom is -0.378 e. The summed E-state index contributed by atoms with van der Waals surface area (Å²) in [5, 5.41) is 4.17. The number of anilines is 2. The van der Waals surface area contributed by atoms with E-state index in [0.29, 0.717) is 24.3 Å². The standard InChI is InChI=1S/C24H26F3N5O/c1-15-18(4-3-5-20(15)24(25,26)27)16(2)29-22-19-14-17(31-10-12-33-13-11-31)6-7-21(19)32-9-8-28-23(32)30-22/h3-7,14,16H,8-13H2,1-2H3,(H,28,29,30)/t16-/m1/s1. The highest BCUT2D eigenvalue weighted by molar-refractivity contribution is 5.83. The SMILES string of the molecule is Cc1c([C@@H](C)N=c2nc3n(c4ccc(N5CCOCC5)cc24)CCN3)cccc1C(F)(F)F. The summed E-state index contributed by atoms with van der Waals surface area (Å²) < 4.78 is 47.9. The van der Waals surface area contributed by atoms with Gasteiger partial charge in [-0.1, -0.05) is 12.1 Å². The van der Waals surface area contributed by atoms with Crippen molar-refractivity contribution in [2.24, 2.45) is 4.99 Å². The van der Waals surface area contributed by atoms with Crippen LogP contribution >= 0.6 is 0 Å². The zero-order valence-electron chi connectivity index (χ0n) is 18.6. The molecule has 1 N–H and O–H groups in total. The Bertz CT molecular complexity index is 1260. The number of hydrogen-bond donors (Lipinski definition) is 1. The average Bonchev–Trinajstić information content (AvgIpc) is 3.27. The van der Waals surface area contributed by atoms with Crippen molar-refractivity contribution in [1.82, 2.24) is 9.55 Å². The topological polar surface area (TPSA) is 54.7 Å². The van der Waals surface area contributed by atoms with Gasteiger partial charge in [-0.05, 0) is 49.2 Å². The number of alkyl halides is 3. The van der Waals surface area contributed by atoms with Crippen LogP contribution < -0.4 is 15.7 Å². The molecule has 0 spiro atoms. The van der Waals surface area contributed by atoms with Crippen LogP contribution in [-0.4, -0.2) is 42.4 Å². The summed E-state index contributed by atoms with van der Waals surface area (Å²) >= 11 is 0. The summed E-state index contributed by atoms with van der Waals surface area (Å²) in [6.07, 6.45) is -4.40. The van der Waals surface area contributed by atoms with Crippen molar-refractivity contribution >= 4 is 22.5 Å². The zero-order chi connectivity index (χ0) is 23.2. The van der Waals surface area contributed by atoms with Gasteiger partial charge in [0.2, 0.25) is 5.95 Å². The Labute approximate surface area is 189 Å². The maximum atomic E-state index is 13.4. The van der Waals surface area contributed by atoms with E-state index in [1.807, 2.05) is 6.92 Å². The lowest BCUT2D eigenvalue weighted by molar-refractivity contribution is -0.138. The second-order valence-electron chi connectivity index (χ2n) is 8.46. The van der Waals surface area contributed by atoms with Crippen molar-refractivity contribution in [3.8, 4) is 0 Å². The highest BCUT2D eigenvalue weighted by atomic mass is 19.4. The maximum absolute atomic E-state index is 13.4. The maximum Gasteiger partial charge on any atom is 0.416 e. The molecule has 1 saturated heterocycles. The van der Waals surface area contributed by atoms with Crippen LogP contribution in [0.5, 0.6) is 0 Å². The van der Waals surface area contributed by atoms with Crippen molar-refractivity contribution in [2.45, 2.75) is 32.6 Å². The lowest BCUT2D eigenvalue weighted by atomic mass is 9.97. The average molecular weight is 458 g/mol. The van der Waals surface area contributed by atoms with Crippen LogP contribution in [0.1, 0.15) is 29.7 Å². The molecule has 6 nitrogen and oxygen atoms in total. The van der Waals surface area contributed by atoms with Gasteiger partial charge in [0.25, 0.3) is 0 Å². The van der Waals surface area contributed by atoms with E-state index in [2.05, 4.69) is 33.0 Å². The number of halogens is 3. The van der Waals surface area contributed by atoms with E-state index in [0.717, 1.165) is 54.8 Å². The number of nitrogens with one attached hydrogen (secondary N) is 1. The first-order valence-electron chi connectivity index (χ1n) is 11.1. The van der Waals surface area contributed by atoms with Gasteiger partial charge in [0.05, 0.1) is 30.3 Å². The fourth-order valence-electron chi connectivity index (χ4n) is 4.70. The Kier molecular flexibility index (Phi) is 5.52. The number of nitrogens with zero attached hydrogens (tertiary/aromatic N) is 4. The van der Waals surface area contributed by atoms with Gasteiger partial charge in [-0.25, -0.2) is 0 Å². The van der Waals surface area contributed by atoms with Crippen LogP contribution in [0.2, 0.25) is 0 Å². The quantitative estimate of drug-likeness (QED) is 0.638. The second kappa shape index (κ2) is 8.37. The Balaban J connectivity index is 1.65. The summed E-state index contributed by atoms with van der Waals surface area (Å²) in [4.78, 5) is 11.9. The largest absolute Gasteiger partial charge is 0.416 e. The monoisotopic (exact) mass is 457 g/mol. The Morgan fingerprint density at radius 1 is 1.12 bits per heavy atom. The van der Waals surface area contributed by atoms with Gasteiger partial charge in [0.15, 0.2) is 5.49 Å². The van der Waals surface area contributed by atoms with Crippen molar-refractivity contribution in [3.63, 3.8) is 0 Å². The third-order valence-electron chi connectivity index (χ3n) is 6.42. The molecule has 5 rings (SSSR count). The number of fused-ring (bicyclic) bond motifs is 3. The number of aromatic nitrogens is 2. The van der Waals surface area contributed by atoms with Crippen molar-refractivity contribution in [1.29, 1.82) is 0 Å². The Hall–Kier alpha value is -3.07. The number of hydrogen-bond acceptors (Lipinski definition) is 5. The molecule has 33 heavy (non-hydrogen) atoms. The predicted octanol–water partition coefficient (Wildman–Crippen LogP) is 4.29. The molecule has 2 aromatic carbocycles. The number of ether oxygens (including phenoxy) is 1. The van der Waals surface area contributed by atoms with E-state index >= 15 is 0 Å². The Morgan fingerprint density at radius 2 is 1.91 bits per heavy atom. The number of morpholine rings is 1. The molecule has 0 aliphatic carbocycles. The van der Waals surface area contributed by atoms with Crippen LogP contribution in [-0.2, 0) is 17.5 Å². The molecule has 0 amide bonds. The smallest absolute Gasteiger partial charge is 0.378 e. The first kappa shape index (κ1) is 21.8. The van der Waals surface area contributed by atoms with Gasteiger partial charge in [0.1, 0.15) is 0 Å². The van der Waals surface area contributed by atoms with Gasteiger partial charge >= 0.3 is 6.18 Å². The summed E-state index contributed by atoms with van der Waals surface area (Å²) in [6, 6.07) is 10.0. The van der Waals surface area contributed by atoms with Crippen LogP contribution in [0.3, 0.4) is 0 Å². The second-order valence-corrected chi connectivity index (χ2v) is 8.46. The fourth-order valence-corrected chi connectivity index (χ4v) is 4.70. The van der Waals surface area contributed by atoms with E-state index in [1.165, 1.54) is 13.0 Å². The molecule has 1 atom stereocenters. The normalized spacial score (nSPS) is 17.8. The minimum absolute atomic E-state index is 0.202. The first-order valence-corrected chi connectivity index (χ1v) is 11.1. The molecule has 0 unspecified atom stereocenters. The van der Waals surface area contributed by atoms with Crippen LogP contribution in [0.15, 0.2) is 41.4 Å².